The second-order valence-corrected chi connectivity index (χ2v) is 9.17. The summed E-state index contributed by atoms with van der Waals surface area (Å²) >= 11 is 1.37. The first-order valence-electron chi connectivity index (χ1n) is 10.9. The van der Waals surface area contributed by atoms with Gasteiger partial charge in [0.25, 0.3) is 5.56 Å². The molecule has 0 radical (unpaired) electrons. The SMILES string of the molecule is N#Cc1ccc(N2CCCN(Cc3nc4cc(-c5ccc(F)cc5)sc4c(=O)[nH]3)CC2)cc1. The number of hydrogen-bond acceptors (Lipinski definition) is 6. The number of aromatic amines is 1. The molecule has 0 atom stereocenters. The summed E-state index contributed by atoms with van der Waals surface area (Å²) in [5.41, 5.74) is 3.19. The van der Waals surface area contributed by atoms with Gasteiger partial charge in [0.2, 0.25) is 0 Å². The number of nitrogens with one attached hydrogen (secondary N) is 1. The number of fused-ring (bicyclic) bond motifs is 1. The molecule has 4 aromatic rings. The molecule has 2 aromatic carbocycles. The number of anilines is 1. The van der Waals surface area contributed by atoms with Gasteiger partial charge in [-0.2, -0.15) is 5.26 Å². The fourth-order valence-corrected chi connectivity index (χ4v) is 5.16. The Morgan fingerprint density at radius 3 is 2.61 bits per heavy atom. The Labute approximate surface area is 194 Å². The minimum absolute atomic E-state index is 0.137. The van der Waals surface area contributed by atoms with E-state index >= 15 is 0 Å². The molecule has 2 aromatic heterocycles. The van der Waals surface area contributed by atoms with E-state index in [-0.39, 0.29) is 11.4 Å². The molecule has 0 saturated carbocycles. The zero-order valence-electron chi connectivity index (χ0n) is 17.9. The first-order chi connectivity index (χ1) is 16.1. The van der Waals surface area contributed by atoms with Crippen LogP contribution in [0.2, 0.25) is 0 Å². The van der Waals surface area contributed by atoms with Gasteiger partial charge in [0.05, 0.1) is 23.7 Å². The molecule has 1 fully saturated rings. The minimum atomic E-state index is -0.284. The molecule has 5 rings (SSSR count). The first-order valence-corrected chi connectivity index (χ1v) is 11.7. The van der Waals surface area contributed by atoms with Crippen LogP contribution in [-0.4, -0.2) is 41.0 Å². The predicted octanol–water partition coefficient (Wildman–Crippen LogP) is 4.37. The van der Waals surface area contributed by atoms with Crippen LogP contribution < -0.4 is 10.5 Å². The minimum Gasteiger partial charge on any atom is -0.370 e. The summed E-state index contributed by atoms with van der Waals surface area (Å²) in [5.74, 6) is 0.371. The van der Waals surface area contributed by atoms with E-state index in [1.165, 1.54) is 23.5 Å². The summed E-state index contributed by atoms with van der Waals surface area (Å²) < 4.78 is 13.8. The number of nitrogens with zero attached hydrogens (tertiary/aromatic N) is 4. The molecule has 6 nitrogen and oxygen atoms in total. The number of nitriles is 1. The van der Waals surface area contributed by atoms with Crippen LogP contribution in [0.25, 0.3) is 20.7 Å². The number of benzene rings is 2. The Balaban J connectivity index is 1.31. The standard InChI is InChI=1S/C25H22FN5OS/c26-19-6-4-18(5-7-19)22-14-21-24(33-22)25(32)29-23(28-21)16-30-10-1-11-31(13-12-30)20-8-2-17(15-27)3-9-20/h2-9,14H,1,10-13,16H2,(H,28,29,32). The van der Waals surface area contributed by atoms with Crippen LogP contribution >= 0.6 is 11.3 Å². The maximum absolute atomic E-state index is 13.2. The molecule has 0 bridgehead atoms. The second kappa shape index (κ2) is 9.14. The van der Waals surface area contributed by atoms with Gasteiger partial charge >= 0.3 is 0 Å². The molecule has 1 aliphatic rings. The van der Waals surface area contributed by atoms with E-state index in [0.717, 1.165) is 48.7 Å². The van der Waals surface area contributed by atoms with E-state index in [1.54, 1.807) is 12.1 Å². The van der Waals surface area contributed by atoms with Crippen molar-refractivity contribution < 1.29 is 4.39 Å². The molecule has 1 saturated heterocycles. The van der Waals surface area contributed by atoms with Crippen molar-refractivity contribution in [3.05, 3.63) is 82.2 Å². The van der Waals surface area contributed by atoms with E-state index in [2.05, 4.69) is 20.9 Å². The summed E-state index contributed by atoms with van der Waals surface area (Å²) in [4.78, 5) is 25.9. The molecule has 0 amide bonds. The van der Waals surface area contributed by atoms with Crippen LogP contribution in [0.3, 0.4) is 0 Å². The van der Waals surface area contributed by atoms with Gasteiger partial charge < -0.3 is 9.88 Å². The maximum Gasteiger partial charge on any atom is 0.268 e. The van der Waals surface area contributed by atoms with Crippen LogP contribution in [0.4, 0.5) is 10.1 Å². The second-order valence-electron chi connectivity index (χ2n) is 8.12. The first kappa shape index (κ1) is 21.3. The van der Waals surface area contributed by atoms with Gasteiger partial charge in [0.1, 0.15) is 16.3 Å². The van der Waals surface area contributed by atoms with Crippen LogP contribution in [-0.2, 0) is 6.54 Å². The van der Waals surface area contributed by atoms with E-state index in [0.29, 0.717) is 28.1 Å². The molecular formula is C25H22FN5OS. The number of halogens is 1. The van der Waals surface area contributed by atoms with Crippen molar-refractivity contribution in [2.24, 2.45) is 0 Å². The fourth-order valence-electron chi connectivity index (χ4n) is 4.17. The Hall–Kier alpha value is -3.54. The number of thiophene rings is 1. The topological polar surface area (TPSA) is 76.0 Å². The quantitative estimate of drug-likeness (QED) is 0.490. The molecule has 3 heterocycles. The molecule has 166 valence electrons. The van der Waals surface area contributed by atoms with Gasteiger partial charge in [-0.3, -0.25) is 9.69 Å². The van der Waals surface area contributed by atoms with E-state index in [4.69, 9.17) is 10.2 Å². The number of aromatic nitrogens is 2. The number of hydrogen-bond donors (Lipinski definition) is 1. The van der Waals surface area contributed by atoms with E-state index < -0.39 is 0 Å². The Morgan fingerprint density at radius 2 is 1.85 bits per heavy atom. The molecule has 1 N–H and O–H groups in total. The molecule has 0 unspecified atom stereocenters. The van der Waals surface area contributed by atoms with Gasteiger partial charge in [-0.15, -0.1) is 11.3 Å². The largest absolute Gasteiger partial charge is 0.370 e. The normalized spacial score (nSPS) is 14.8. The number of H-pyrrole nitrogens is 1. The van der Waals surface area contributed by atoms with Crippen LogP contribution in [0.5, 0.6) is 0 Å². The summed E-state index contributed by atoms with van der Waals surface area (Å²) in [6.45, 7) is 4.15. The molecule has 0 aliphatic carbocycles. The maximum atomic E-state index is 13.2. The van der Waals surface area contributed by atoms with Gasteiger partial charge in [-0.25, -0.2) is 9.37 Å². The van der Waals surface area contributed by atoms with Crippen molar-refractivity contribution in [3.63, 3.8) is 0 Å². The lowest BCUT2D eigenvalue weighted by Gasteiger charge is -2.23. The third-order valence-electron chi connectivity index (χ3n) is 5.88. The van der Waals surface area contributed by atoms with Crippen molar-refractivity contribution in [1.82, 2.24) is 14.9 Å². The monoisotopic (exact) mass is 459 g/mol. The fraction of sp³-hybridized carbons (Fsp3) is 0.240. The average molecular weight is 460 g/mol. The molecule has 33 heavy (non-hydrogen) atoms. The van der Waals surface area contributed by atoms with Crippen molar-refractivity contribution in [1.29, 1.82) is 5.26 Å². The van der Waals surface area contributed by atoms with Crippen LogP contribution in [0.15, 0.2) is 59.4 Å². The summed E-state index contributed by atoms with van der Waals surface area (Å²) in [5, 5.41) is 9.00. The smallest absolute Gasteiger partial charge is 0.268 e. The summed E-state index contributed by atoms with van der Waals surface area (Å²) in [6.07, 6.45) is 1.000. The lowest BCUT2D eigenvalue weighted by molar-refractivity contribution is 0.278. The highest BCUT2D eigenvalue weighted by atomic mass is 32.1. The summed E-state index contributed by atoms with van der Waals surface area (Å²) in [6, 6.07) is 18.0. The Kier molecular flexibility index (Phi) is 5.90. The van der Waals surface area contributed by atoms with Crippen molar-refractivity contribution in [2.75, 3.05) is 31.1 Å². The van der Waals surface area contributed by atoms with Crippen LogP contribution in [0, 0.1) is 17.1 Å². The van der Waals surface area contributed by atoms with E-state index in [1.807, 2.05) is 30.3 Å². The number of rotatable bonds is 4. The molecule has 0 spiro atoms. The third-order valence-corrected chi connectivity index (χ3v) is 7.06. The van der Waals surface area contributed by atoms with Crippen molar-refractivity contribution in [3.8, 4) is 16.5 Å². The third kappa shape index (κ3) is 4.65. The lowest BCUT2D eigenvalue weighted by Crippen LogP contribution is -2.31. The van der Waals surface area contributed by atoms with Crippen LogP contribution in [0.1, 0.15) is 17.8 Å². The Bertz CT molecular complexity index is 1370. The van der Waals surface area contributed by atoms with Gasteiger partial charge in [-0.1, -0.05) is 12.1 Å². The zero-order chi connectivity index (χ0) is 22.8. The Morgan fingerprint density at radius 1 is 1.06 bits per heavy atom. The molecule has 8 heteroatoms. The predicted molar refractivity (Wildman–Crippen MR) is 129 cm³/mol. The van der Waals surface area contributed by atoms with Gasteiger partial charge in [-0.05, 0) is 54.4 Å². The van der Waals surface area contributed by atoms with Crippen molar-refractivity contribution in [2.45, 2.75) is 13.0 Å². The average Bonchev–Trinajstić information content (AvgIpc) is 3.13. The molecular weight excluding hydrogens is 437 g/mol. The highest BCUT2D eigenvalue weighted by Gasteiger charge is 2.17. The van der Waals surface area contributed by atoms with E-state index in [9.17, 15) is 9.18 Å². The highest BCUT2D eigenvalue weighted by molar-refractivity contribution is 7.22. The summed E-state index contributed by atoms with van der Waals surface area (Å²) in [7, 11) is 0. The highest BCUT2D eigenvalue weighted by Crippen LogP contribution is 2.31. The zero-order valence-corrected chi connectivity index (χ0v) is 18.7. The molecule has 1 aliphatic heterocycles. The van der Waals surface area contributed by atoms with Crippen molar-refractivity contribution >= 4 is 27.2 Å². The lowest BCUT2D eigenvalue weighted by atomic mass is 10.2. The van der Waals surface area contributed by atoms with Gasteiger partial charge in [0.15, 0.2) is 0 Å². The van der Waals surface area contributed by atoms with Gasteiger partial charge in [0, 0.05) is 36.7 Å².